The third kappa shape index (κ3) is 1.71. The minimum absolute atomic E-state index is 1.23. The molecular weight excluding hydrogens is 188 g/mol. The van der Waals surface area contributed by atoms with E-state index in [-0.39, 0.29) is 0 Å². The molecule has 0 spiro atoms. The predicted octanol–water partition coefficient (Wildman–Crippen LogP) is 3.24. The van der Waals surface area contributed by atoms with E-state index in [1.807, 2.05) is 29.3 Å². The van der Waals surface area contributed by atoms with E-state index in [0.29, 0.717) is 0 Å². The van der Waals surface area contributed by atoms with Gasteiger partial charge in [0, 0.05) is 0 Å². The lowest BCUT2D eigenvalue weighted by molar-refractivity contribution is 1.57. The number of rotatable bonds is 1. The summed E-state index contributed by atoms with van der Waals surface area (Å²) in [7, 11) is 0. The van der Waals surface area contributed by atoms with Crippen LogP contribution >= 0.6 is 15.9 Å². The van der Waals surface area contributed by atoms with Crippen LogP contribution in [0.4, 0.5) is 0 Å². The van der Waals surface area contributed by atoms with Crippen molar-refractivity contribution in [3.8, 4) is 0 Å². The van der Waals surface area contributed by atoms with Crippen LogP contribution in [-0.2, 0) is 0 Å². The highest BCUT2D eigenvalue weighted by Crippen LogP contribution is 2.13. The first-order valence-corrected chi connectivity index (χ1v) is 3.99. The van der Waals surface area contributed by atoms with Crippen molar-refractivity contribution in [2.75, 3.05) is 0 Å². The zero-order valence-corrected chi connectivity index (χ0v) is 7.35. The van der Waals surface area contributed by atoms with Crippen molar-refractivity contribution in [2.45, 2.75) is 6.92 Å². The summed E-state index contributed by atoms with van der Waals surface area (Å²) in [6.45, 7) is 2.06. The van der Waals surface area contributed by atoms with Crippen LogP contribution in [0.2, 0.25) is 0 Å². The Balaban J connectivity index is 2.96. The van der Waals surface area contributed by atoms with E-state index in [0.717, 1.165) is 0 Å². The zero-order valence-electron chi connectivity index (χ0n) is 5.76. The van der Waals surface area contributed by atoms with Crippen molar-refractivity contribution in [3.63, 3.8) is 0 Å². The molecule has 1 aromatic rings. The van der Waals surface area contributed by atoms with E-state index in [4.69, 9.17) is 0 Å². The molecule has 0 aliphatic carbocycles. The molecule has 1 heteroatoms. The second-order valence-corrected chi connectivity index (χ2v) is 2.54. The average Bonchev–Trinajstić information content (AvgIpc) is 2.05. The first kappa shape index (κ1) is 7.55. The molecule has 51 valence electrons. The summed E-state index contributed by atoms with van der Waals surface area (Å²) in [5.74, 6) is 0. The molecule has 0 nitrogen and oxygen atoms in total. The number of hydrogen-bond donors (Lipinski definition) is 0. The fourth-order valence-electron chi connectivity index (χ4n) is 0.713. The molecule has 10 heavy (non-hydrogen) atoms. The van der Waals surface area contributed by atoms with E-state index in [9.17, 15) is 0 Å². The van der Waals surface area contributed by atoms with Crippen LogP contribution in [0.3, 0.4) is 0 Å². The van der Waals surface area contributed by atoms with Crippen LogP contribution in [0, 0.1) is 6.07 Å². The van der Waals surface area contributed by atoms with Gasteiger partial charge in [-0.3, -0.25) is 0 Å². The molecule has 0 bridgehead atoms. The molecule has 0 aromatic heterocycles. The topological polar surface area (TPSA) is 0 Å². The molecule has 0 heterocycles. The van der Waals surface area contributed by atoms with Gasteiger partial charge >= 0.3 is 0 Å². The summed E-state index contributed by atoms with van der Waals surface area (Å²) < 4.78 is 0. The van der Waals surface area contributed by atoms with Crippen molar-refractivity contribution in [1.82, 2.24) is 0 Å². The highest BCUT2D eigenvalue weighted by atomic mass is 79.9. The molecule has 0 saturated heterocycles. The maximum atomic E-state index is 3.28. The van der Waals surface area contributed by atoms with Gasteiger partial charge < -0.3 is 0 Å². The fraction of sp³-hybridized carbons (Fsp3) is 0.111. The number of hydrogen-bond acceptors (Lipinski definition) is 0. The molecule has 0 fully saturated rings. The largest absolute Gasteiger partial charge is 0.0592 e. The van der Waals surface area contributed by atoms with E-state index >= 15 is 0 Å². The number of halogens is 1. The Kier molecular flexibility index (Phi) is 2.69. The minimum Gasteiger partial charge on any atom is -0.0592 e. The van der Waals surface area contributed by atoms with E-state index in [1.165, 1.54) is 11.1 Å². The molecule has 0 amide bonds. The van der Waals surface area contributed by atoms with Gasteiger partial charge in [-0.15, -0.1) is 0 Å². The summed E-state index contributed by atoms with van der Waals surface area (Å²) in [6.07, 6.45) is 0. The Bertz CT molecular complexity index is 224. The quantitative estimate of drug-likeness (QED) is 0.646. The molecule has 1 aromatic carbocycles. The van der Waals surface area contributed by atoms with Crippen molar-refractivity contribution in [2.24, 2.45) is 0 Å². The SMILES string of the molecule is C/C(=C\Br)c1cc[c]cc1. The predicted molar refractivity (Wildman–Crippen MR) is 47.9 cm³/mol. The zero-order chi connectivity index (χ0) is 7.40. The van der Waals surface area contributed by atoms with Gasteiger partial charge in [-0.2, -0.15) is 0 Å². The first-order chi connectivity index (χ1) is 4.84. The maximum absolute atomic E-state index is 3.28. The summed E-state index contributed by atoms with van der Waals surface area (Å²) in [4.78, 5) is 1.92. The number of allylic oxidation sites excluding steroid dienone is 1. The third-order valence-electron chi connectivity index (χ3n) is 1.34. The smallest absolute Gasteiger partial charge is 0.0154 e. The van der Waals surface area contributed by atoms with Crippen molar-refractivity contribution >= 4 is 21.5 Å². The van der Waals surface area contributed by atoms with E-state index in [1.54, 1.807) is 0 Å². The van der Waals surface area contributed by atoms with Gasteiger partial charge in [-0.1, -0.05) is 40.2 Å². The standard InChI is InChI=1S/C9H8Br/c1-8(7-10)9-5-3-2-4-6-9/h3-7H,1H3/b8-7+. The van der Waals surface area contributed by atoms with Gasteiger partial charge in [-0.05, 0) is 29.1 Å². The monoisotopic (exact) mass is 195 g/mol. The second kappa shape index (κ2) is 3.57. The van der Waals surface area contributed by atoms with Crippen LogP contribution in [0.5, 0.6) is 0 Å². The maximum Gasteiger partial charge on any atom is -0.0154 e. The molecule has 0 N–H and O–H groups in total. The van der Waals surface area contributed by atoms with Gasteiger partial charge in [0.1, 0.15) is 0 Å². The number of benzene rings is 1. The summed E-state index contributed by atoms with van der Waals surface area (Å²) in [6, 6.07) is 10.9. The molecular formula is C9H8Br. The van der Waals surface area contributed by atoms with E-state index < -0.39 is 0 Å². The average molecular weight is 196 g/mol. The Morgan fingerprint density at radius 2 is 2.10 bits per heavy atom. The lowest BCUT2D eigenvalue weighted by Gasteiger charge is -1.96. The molecule has 0 saturated carbocycles. The van der Waals surface area contributed by atoms with Crippen LogP contribution in [0.25, 0.3) is 5.57 Å². The Labute approximate surface area is 69.7 Å². The highest BCUT2D eigenvalue weighted by Gasteiger charge is 1.89. The van der Waals surface area contributed by atoms with Crippen LogP contribution < -0.4 is 0 Å². The normalized spacial score (nSPS) is 11.6. The van der Waals surface area contributed by atoms with Crippen LogP contribution in [-0.4, -0.2) is 0 Å². The summed E-state index contributed by atoms with van der Waals surface area (Å²) >= 11 is 3.28. The van der Waals surface area contributed by atoms with Gasteiger partial charge in [0.2, 0.25) is 0 Å². The van der Waals surface area contributed by atoms with Gasteiger partial charge in [-0.25, -0.2) is 0 Å². The van der Waals surface area contributed by atoms with Crippen molar-refractivity contribution in [3.05, 3.63) is 40.9 Å². The first-order valence-electron chi connectivity index (χ1n) is 3.08. The lowest BCUT2D eigenvalue weighted by atomic mass is 10.1. The second-order valence-electron chi connectivity index (χ2n) is 2.08. The summed E-state index contributed by atoms with van der Waals surface area (Å²) in [5.41, 5.74) is 2.46. The van der Waals surface area contributed by atoms with Crippen molar-refractivity contribution in [1.29, 1.82) is 0 Å². The fourth-order valence-corrected chi connectivity index (χ4v) is 0.977. The molecule has 0 aliphatic rings. The summed E-state index contributed by atoms with van der Waals surface area (Å²) in [5, 5.41) is 0. The molecule has 0 atom stereocenters. The third-order valence-corrected chi connectivity index (χ3v) is 2.02. The Morgan fingerprint density at radius 3 is 2.60 bits per heavy atom. The molecule has 1 rings (SSSR count). The van der Waals surface area contributed by atoms with Crippen molar-refractivity contribution < 1.29 is 0 Å². The Morgan fingerprint density at radius 1 is 1.50 bits per heavy atom. The molecule has 0 unspecified atom stereocenters. The lowest BCUT2D eigenvalue weighted by Crippen LogP contribution is -1.74. The van der Waals surface area contributed by atoms with Gasteiger partial charge in [0.05, 0.1) is 0 Å². The minimum atomic E-state index is 1.23. The highest BCUT2D eigenvalue weighted by molar-refractivity contribution is 9.11. The van der Waals surface area contributed by atoms with E-state index in [2.05, 4.69) is 28.9 Å². The molecule has 0 aliphatic heterocycles. The van der Waals surface area contributed by atoms with Gasteiger partial charge in [0.15, 0.2) is 0 Å². The molecule has 1 radical (unpaired) electrons. The van der Waals surface area contributed by atoms with Crippen LogP contribution in [0.15, 0.2) is 29.3 Å². The Hall–Kier alpha value is -0.560. The van der Waals surface area contributed by atoms with Crippen LogP contribution in [0.1, 0.15) is 12.5 Å². The van der Waals surface area contributed by atoms with Gasteiger partial charge in [0.25, 0.3) is 0 Å².